The van der Waals surface area contributed by atoms with Crippen molar-refractivity contribution in [2.45, 2.75) is 18.9 Å². The van der Waals surface area contributed by atoms with Crippen LogP contribution in [0.15, 0.2) is 60.8 Å². The molecule has 1 aromatic carbocycles. The van der Waals surface area contributed by atoms with Gasteiger partial charge in [0, 0.05) is 12.6 Å². The summed E-state index contributed by atoms with van der Waals surface area (Å²) in [5.74, 6) is -0.803. The molecule has 0 aliphatic carbocycles. The van der Waals surface area contributed by atoms with Crippen molar-refractivity contribution >= 4 is 28.9 Å². The molecule has 3 rings (SSSR count). The number of amides is 2. The van der Waals surface area contributed by atoms with Gasteiger partial charge in [0.15, 0.2) is 0 Å². The van der Waals surface area contributed by atoms with Crippen LogP contribution in [0.4, 0.5) is 10.6 Å². The van der Waals surface area contributed by atoms with E-state index in [2.05, 4.69) is 20.6 Å². The van der Waals surface area contributed by atoms with E-state index in [0.717, 1.165) is 5.56 Å². The summed E-state index contributed by atoms with van der Waals surface area (Å²) in [5.41, 5.74) is 0.699. The van der Waals surface area contributed by atoms with Crippen molar-refractivity contribution in [3.63, 3.8) is 0 Å². The molecule has 0 spiro atoms. The number of carbonyl (C=O) groups is 2. The average molecular weight is 350 g/mol. The summed E-state index contributed by atoms with van der Waals surface area (Å²) < 4.78 is 0. The molecule has 0 fully saturated rings. The minimum absolute atomic E-state index is 0.158. The lowest BCUT2D eigenvalue weighted by molar-refractivity contribution is -0.143. The van der Waals surface area contributed by atoms with Gasteiger partial charge in [0.05, 0.1) is 11.0 Å². The van der Waals surface area contributed by atoms with Crippen molar-refractivity contribution < 1.29 is 14.7 Å². The van der Waals surface area contributed by atoms with Gasteiger partial charge in [-0.3, -0.25) is 10.3 Å². The van der Waals surface area contributed by atoms with E-state index in [4.69, 9.17) is 0 Å². The Balaban J connectivity index is 1.74. The molecule has 26 heavy (non-hydrogen) atoms. The number of urea groups is 1. The minimum Gasteiger partial charge on any atom is -0.480 e. The Kier molecular flexibility index (Phi) is 4.79. The van der Waals surface area contributed by atoms with E-state index in [-0.39, 0.29) is 6.42 Å². The van der Waals surface area contributed by atoms with E-state index in [9.17, 15) is 14.7 Å². The molecule has 3 N–H and O–H groups in total. The van der Waals surface area contributed by atoms with Gasteiger partial charge in [-0.05, 0) is 36.8 Å². The summed E-state index contributed by atoms with van der Waals surface area (Å²) >= 11 is 0. The Bertz CT molecular complexity index is 946. The molecular weight excluding hydrogens is 332 g/mol. The number of fused-ring (bicyclic) bond motifs is 1. The highest BCUT2D eigenvalue weighted by Crippen LogP contribution is 2.15. The van der Waals surface area contributed by atoms with Crippen molar-refractivity contribution in [2.24, 2.45) is 0 Å². The van der Waals surface area contributed by atoms with Crippen LogP contribution >= 0.6 is 0 Å². The molecule has 1 unspecified atom stereocenters. The molecule has 7 nitrogen and oxygen atoms in total. The van der Waals surface area contributed by atoms with E-state index >= 15 is 0 Å². The fourth-order valence-corrected chi connectivity index (χ4v) is 2.60. The molecule has 2 heterocycles. The number of benzene rings is 1. The van der Waals surface area contributed by atoms with Crippen molar-refractivity contribution in [1.82, 2.24) is 15.3 Å². The van der Waals surface area contributed by atoms with Crippen molar-refractivity contribution in [2.75, 3.05) is 5.32 Å². The first-order chi connectivity index (χ1) is 12.5. The van der Waals surface area contributed by atoms with Crippen LogP contribution in [0.25, 0.3) is 11.0 Å². The van der Waals surface area contributed by atoms with Gasteiger partial charge in [0.25, 0.3) is 0 Å². The van der Waals surface area contributed by atoms with Crippen LogP contribution in [0.2, 0.25) is 0 Å². The lowest BCUT2D eigenvalue weighted by atomic mass is 9.93. The van der Waals surface area contributed by atoms with Crippen LogP contribution in [0, 0.1) is 0 Å². The maximum absolute atomic E-state index is 12.3. The fraction of sp³-hybridized carbons (Fsp3) is 0.158. The Morgan fingerprint density at radius 1 is 1.04 bits per heavy atom. The molecule has 0 saturated carbocycles. The van der Waals surface area contributed by atoms with Gasteiger partial charge in [0.1, 0.15) is 11.4 Å². The first-order valence-corrected chi connectivity index (χ1v) is 8.04. The lowest BCUT2D eigenvalue weighted by Gasteiger charge is -2.26. The highest BCUT2D eigenvalue weighted by Gasteiger charge is 2.35. The first kappa shape index (κ1) is 17.3. The predicted octanol–water partition coefficient (Wildman–Crippen LogP) is 2.84. The van der Waals surface area contributed by atoms with Crippen LogP contribution < -0.4 is 10.6 Å². The summed E-state index contributed by atoms with van der Waals surface area (Å²) in [6, 6.07) is 15.4. The zero-order valence-corrected chi connectivity index (χ0v) is 14.1. The van der Waals surface area contributed by atoms with E-state index in [1.807, 2.05) is 30.3 Å². The zero-order chi connectivity index (χ0) is 18.6. The number of hydrogen-bond donors (Lipinski definition) is 3. The second-order valence-corrected chi connectivity index (χ2v) is 6.12. The number of nitrogens with one attached hydrogen (secondary N) is 2. The van der Waals surface area contributed by atoms with Crippen LogP contribution in [0.5, 0.6) is 0 Å². The van der Waals surface area contributed by atoms with Gasteiger partial charge in [-0.2, -0.15) is 0 Å². The molecule has 0 aliphatic rings. The SMILES string of the molecule is CC(Cc1ccccc1)(NC(=O)Nc1ccc2ncccc2n1)C(=O)O. The van der Waals surface area contributed by atoms with Gasteiger partial charge < -0.3 is 10.4 Å². The average Bonchev–Trinajstić information content (AvgIpc) is 2.62. The highest BCUT2D eigenvalue weighted by atomic mass is 16.4. The van der Waals surface area contributed by atoms with Crippen molar-refractivity contribution in [3.8, 4) is 0 Å². The van der Waals surface area contributed by atoms with E-state index in [1.165, 1.54) is 6.92 Å². The molecule has 132 valence electrons. The third-order valence-electron chi connectivity index (χ3n) is 3.96. The largest absolute Gasteiger partial charge is 0.480 e. The highest BCUT2D eigenvalue weighted by molar-refractivity contribution is 5.94. The maximum Gasteiger partial charge on any atom is 0.329 e. The quantitative estimate of drug-likeness (QED) is 0.656. The monoisotopic (exact) mass is 350 g/mol. The second-order valence-electron chi connectivity index (χ2n) is 6.12. The summed E-state index contributed by atoms with van der Waals surface area (Å²) in [7, 11) is 0. The van der Waals surface area contributed by atoms with Gasteiger partial charge >= 0.3 is 12.0 Å². The molecule has 3 aromatic rings. The molecule has 0 aliphatic heterocycles. The number of carboxylic acids is 1. The number of aliphatic carboxylic acids is 1. The topological polar surface area (TPSA) is 104 Å². The lowest BCUT2D eigenvalue weighted by Crippen LogP contribution is -2.55. The third kappa shape index (κ3) is 3.94. The molecule has 2 amide bonds. The van der Waals surface area contributed by atoms with Crippen LogP contribution in [0.1, 0.15) is 12.5 Å². The molecular formula is C19H18N4O3. The summed E-state index contributed by atoms with van der Waals surface area (Å²) in [4.78, 5) is 32.5. The number of rotatable bonds is 5. The summed E-state index contributed by atoms with van der Waals surface area (Å²) in [5, 5.41) is 14.7. The number of anilines is 1. The molecule has 7 heteroatoms. The number of nitrogens with zero attached hydrogens (tertiary/aromatic N) is 2. The van der Waals surface area contributed by atoms with E-state index < -0.39 is 17.5 Å². The maximum atomic E-state index is 12.3. The Morgan fingerprint density at radius 2 is 1.81 bits per heavy atom. The summed E-state index contributed by atoms with van der Waals surface area (Å²) in [6.45, 7) is 1.47. The molecule has 0 radical (unpaired) electrons. The number of pyridine rings is 2. The number of aromatic nitrogens is 2. The third-order valence-corrected chi connectivity index (χ3v) is 3.96. The van der Waals surface area contributed by atoms with Gasteiger partial charge in [-0.1, -0.05) is 30.3 Å². The van der Waals surface area contributed by atoms with Crippen molar-refractivity contribution in [3.05, 3.63) is 66.4 Å². The van der Waals surface area contributed by atoms with Crippen LogP contribution in [-0.2, 0) is 11.2 Å². The normalized spacial score (nSPS) is 13.0. The fourth-order valence-electron chi connectivity index (χ4n) is 2.60. The number of carboxylic acid groups (broad SMARTS) is 1. The molecule has 2 aromatic heterocycles. The Morgan fingerprint density at radius 3 is 2.54 bits per heavy atom. The smallest absolute Gasteiger partial charge is 0.329 e. The van der Waals surface area contributed by atoms with Gasteiger partial charge in [0.2, 0.25) is 0 Å². The predicted molar refractivity (Wildman–Crippen MR) is 97.9 cm³/mol. The number of hydrogen-bond acceptors (Lipinski definition) is 4. The Labute approximate surface area is 150 Å². The van der Waals surface area contributed by atoms with Gasteiger partial charge in [-0.25, -0.2) is 14.6 Å². The molecule has 0 saturated heterocycles. The summed E-state index contributed by atoms with van der Waals surface area (Å²) in [6.07, 6.45) is 1.82. The zero-order valence-electron chi connectivity index (χ0n) is 14.1. The number of carbonyl (C=O) groups excluding carboxylic acids is 1. The van der Waals surface area contributed by atoms with Crippen LogP contribution in [0.3, 0.4) is 0 Å². The van der Waals surface area contributed by atoms with E-state index in [0.29, 0.717) is 16.9 Å². The Hall–Kier alpha value is -3.48. The van der Waals surface area contributed by atoms with Crippen molar-refractivity contribution in [1.29, 1.82) is 0 Å². The standard InChI is InChI=1S/C19H18N4O3/c1-19(17(24)25,12-13-6-3-2-4-7-13)23-18(26)22-16-10-9-14-15(21-16)8-5-11-20-14/h2-11H,12H2,1H3,(H,24,25)(H2,21,22,23,26). The van der Waals surface area contributed by atoms with Gasteiger partial charge in [-0.15, -0.1) is 0 Å². The van der Waals surface area contributed by atoms with E-state index in [1.54, 1.807) is 30.5 Å². The minimum atomic E-state index is -1.45. The second kappa shape index (κ2) is 7.18. The first-order valence-electron chi connectivity index (χ1n) is 8.04. The molecule has 0 bridgehead atoms. The molecule has 1 atom stereocenters. The van der Waals surface area contributed by atoms with Crippen LogP contribution in [-0.4, -0.2) is 32.6 Å².